The Morgan fingerprint density at radius 3 is 2.52 bits per heavy atom. The molecule has 1 aliphatic heterocycles. The summed E-state index contributed by atoms with van der Waals surface area (Å²) in [5, 5.41) is 2.18. The maximum Gasteiger partial charge on any atom is 0.330 e. The van der Waals surface area contributed by atoms with Gasteiger partial charge in [-0.25, -0.2) is 9.18 Å². The van der Waals surface area contributed by atoms with E-state index in [0.717, 1.165) is 16.0 Å². The SMILES string of the molecule is Cc1cc(F)ccc1CCN1C(=O)NC(=O)C(C)(C)C1=O. The van der Waals surface area contributed by atoms with Crippen molar-refractivity contribution in [2.75, 3.05) is 6.54 Å². The van der Waals surface area contributed by atoms with Gasteiger partial charge in [0.05, 0.1) is 0 Å². The number of hydrogen-bond acceptors (Lipinski definition) is 3. The molecule has 6 heteroatoms. The molecule has 1 N–H and O–H groups in total. The van der Waals surface area contributed by atoms with E-state index in [1.807, 2.05) is 0 Å². The number of barbiturate groups is 1. The molecule has 0 aliphatic carbocycles. The lowest BCUT2D eigenvalue weighted by molar-refractivity contribution is -0.148. The summed E-state index contributed by atoms with van der Waals surface area (Å²) < 4.78 is 13.0. The first-order valence-corrected chi connectivity index (χ1v) is 6.66. The fraction of sp³-hybridized carbons (Fsp3) is 0.400. The summed E-state index contributed by atoms with van der Waals surface area (Å²) in [7, 11) is 0. The Kier molecular flexibility index (Phi) is 3.80. The van der Waals surface area contributed by atoms with E-state index in [2.05, 4.69) is 5.32 Å². The molecule has 1 saturated heterocycles. The number of nitrogens with one attached hydrogen (secondary N) is 1. The molecule has 0 radical (unpaired) electrons. The van der Waals surface area contributed by atoms with E-state index in [4.69, 9.17) is 0 Å². The minimum Gasteiger partial charge on any atom is -0.277 e. The maximum absolute atomic E-state index is 13.0. The molecule has 0 unspecified atom stereocenters. The Hall–Kier alpha value is -2.24. The number of aryl methyl sites for hydroxylation is 1. The quantitative estimate of drug-likeness (QED) is 0.864. The predicted molar refractivity (Wildman–Crippen MR) is 73.9 cm³/mol. The molecular weight excluding hydrogens is 275 g/mol. The van der Waals surface area contributed by atoms with E-state index in [1.165, 1.54) is 26.0 Å². The van der Waals surface area contributed by atoms with Gasteiger partial charge in [0, 0.05) is 6.54 Å². The number of carbonyl (C=O) groups is 3. The first-order chi connectivity index (χ1) is 9.73. The van der Waals surface area contributed by atoms with Crippen LogP contribution in [0.15, 0.2) is 18.2 Å². The highest BCUT2D eigenvalue weighted by Crippen LogP contribution is 2.23. The average molecular weight is 292 g/mol. The van der Waals surface area contributed by atoms with Gasteiger partial charge in [0.1, 0.15) is 11.2 Å². The molecule has 0 spiro atoms. The van der Waals surface area contributed by atoms with Crippen LogP contribution in [0.3, 0.4) is 0 Å². The molecule has 2 rings (SSSR count). The van der Waals surface area contributed by atoms with Crippen LogP contribution in [0.4, 0.5) is 9.18 Å². The molecule has 4 amide bonds. The monoisotopic (exact) mass is 292 g/mol. The molecular formula is C15H17FN2O3. The van der Waals surface area contributed by atoms with E-state index < -0.39 is 23.3 Å². The lowest BCUT2D eigenvalue weighted by Gasteiger charge is -2.34. The van der Waals surface area contributed by atoms with Gasteiger partial charge in [0.2, 0.25) is 11.8 Å². The van der Waals surface area contributed by atoms with E-state index in [0.29, 0.717) is 6.42 Å². The standard InChI is InChI=1S/C15H17FN2O3/c1-9-8-11(16)5-4-10(9)6-7-18-13(20)15(2,3)12(19)17-14(18)21/h4-5,8H,6-7H2,1-3H3,(H,17,19,21). The van der Waals surface area contributed by atoms with Crippen LogP contribution in [0.5, 0.6) is 0 Å². The van der Waals surface area contributed by atoms with Crippen LogP contribution < -0.4 is 5.32 Å². The van der Waals surface area contributed by atoms with Gasteiger partial charge in [-0.2, -0.15) is 0 Å². The summed E-state index contributed by atoms with van der Waals surface area (Å²) in [4.78, 5) is 36.6. The first-order valence-electron chi connectivity index (χ1n) is 6.66. The van der Waals surface area contributed by atoms with Gasteiger partial charge >= 0.3 is 6.03 Å². The van der Waals surface area contributed by atoms with Gasteiger partial charge < -0.3 is 0 Å². The largest absolute Gasteiger partial charge is 0.330 e. The third-order valence-electron chi connectivity index (χ3n) is 3.72. The minimum absolute atomic E-state index is 0.147. The molecule has 0 saturated carbocycles. The van der Waals surface area contributed by atoms with Crippen molar-refractivity contribution in [2.24, 2.45) is 5.41 Å². The van der Waals surface area contributed by atoms with Crippen molar-refractivity contribution in [3.63, 3.8) is 0 Å². The third kappa shape index (κ3) is 2.79. The van der Waals surface area contributed by atoms with Crippen molar-refractivity contribution in [3.8, 4) is 0 Å². The molecule has 21 heavy (non-hydrogen) atoms. The van der Waals surface area contributed by atoms with Crippen LogP contribution in [-0.4, -0.2) is 29.3 Å². The molecule has 0 atom stereocenters. The van der Waals surface area contributed by atoms with Crippen molar-refractivity contribution >= 4 is 17.8 Å². The van der Waals surface area contributed by atoms with Gasteiger partial charge in [0.25, 0.3) is 0 Å². The third-order valence-corrected chi connectivity index (χ3v) is 3.72. The van der Waals surface area contributed by atoms with Crippen LogP contribution in [-0.2, 0) is 16.0 Å². The fourth-order valence-electron chi connectivity index (χ4n) is 2.22. The Balaban J connectivity index is 2.13. The van der Waals surface area contributed by atoms with Crippen LogP contribution in [0.25, 0.3) is 0 Å². The summed E-state index contributed by atoms with van der Waals surface area (Å²) in [6, 6.07) is 3.67. The maximum atomic E-state index is 13.0. The second-order valence-corrected chi connectivity index (χ2v) is 5.66. The molecule has 0 bridgehead atoms. The predicted octanol–water partition coefficient (Wildman–Crippen LogP) is 1.78. The average Bonchev–Trinajstić information content (AvgIpc) is 2.39. The summed E-state index contributed by atoms with van der Waals surface area (Å²) in [6.07, 6.45) is 0.412. The molecule has 1 heterocycles. The van der Waals surface area contributed by atoms with Crippen molar-refractivity contribution in [1.82, 2.24) is 10.2 Å². The molecule has 1 aromatic carbocycles. The Labute approximate surface area is 122 Å². The van der Waals surface area contributed by atoms with Crippen molar-refractivity contribution in [1.29, 1.82) is 0 Å². The van der Waals surface area contributed by atoms with Crippen LogP contribution in [0.1, 0.15) is 25.0 Å². The lowest BCUT2D eigenvalue weighted by Crippen LogP contribution is -2.62. The summed E-state index contributed by atoms with van der Waals surface area (Å²) in [6.45, 7) is 4.87. The molecule has 1 aromatic rings. The topological polar surface area (TPSA) is 66.5 Å². The zero-order valence-electron chi connectivity index (χ0n) is 12.2. The lowest BCUT2D eigenvalue weighted by atomic mass is 9.88. The highest BCUT2D eigenvalue weighted by atomic mass is 19.1. The van der Waals surface area contributed by atoms with E-state index in [-0.39, 0.29) is 12.4 Å². The highest BCUT2D eigenvalue weighted by molar-refractivity contribution is 6.18. The molecule has 1 fully saturated rings. The van der Waals surface area contributed by atoms with Crippen LogP contribution in [0.2, 0.25) is 0 Å². The summed E-state index contributed by atoms with van der Waals surface area (Å²) >= 11 is 0. The second kappa shape index (κ2) is 5.27. The number of hydrogen-bond donors (Lipinski definition) is 1. The number of urea groups is 1. The van der Waals surface area contributed by atoms with E-state index >= 15 is 0 Å². The number of rotatable bonds is 3. The van der Waals surface area contributed by atoms with E-state index in [9.17, 15) is 18.8 Å². The van der Waals surface area contributed by atoms with Gasteiger partial charge in [-0.3, -0.25) is 19.8 Å². The molecule has 5 nitrogen and oxygen atoms in total. The van der Waals surface area contributed by atoms with Crippen molar-refractivity contribution in [2.45, 2.75) is 27.2 Å². The number of amides is 4. The van der Waals surface area contributed by atoms with Gasteiger partial charge in [-0.15, -0.1) is 0 Å². The number of imide groups is 2. The summed E-state index contributed by atoms with van der Waals surface area (Å²) in [5.74, 6) is -1.43. The smallest absolute Gasteiger partial charge is 0.277 e. The Morgan fingerprint density at radius 2 is 1.90 bits per heavy atom. The van der Waals surface area contributed by atoms with Crippen LogP contribution >= 0.6 is 0 Å². The zero-order valence-corrected chi connectivity index (χ0v) is 12.2. The number of halogens is 1. The minimum atomic E-state index is -1.26. The first kappa shape index (κ1) is 15.2. The second-order valence-electron chi connectivity index (χ2n) is 5.66. The van der Waals surface area contributed by atoms with Crippen molar-refractivity contribution < 1.29 is 18.8 Å². The van der Waals surface area contributed by atoms with Crippen LogP contribution in [0, 0.1) is 18.2 Å². The molecule has 112 valence electrons. The molecule has 0 aromatic heterocycles. The van der Waals surface area contributed by atoms with Crippen molar-refractivity contribution in [3.05, 3.63) is 35.1 Å². The number of benzene rings is 1. The Morgan fingerprint density at radius 1 is 1.24 bits per heavy atom. The highest BCUT2D eigenvalue weighted by Gasteiger charge is 2.46. The Bertz CT molecular complexity index is 625. The van der Waals surface area contributed by atoms with Gasteiger partial charge in [0.15, 0.2) is 0 Å². The zero-order chi connectivity index (χ0) is 15.8. The molecule has 1 aliphatic rings. The summed E-state index contributed by atoms with van der Waals surface area (Å²) in [5.41, 5.74) is 0.355. The normalized spacial score (nSPS) is 17.9. The number of nitrogens with zero attached hydrogens (tertiary/aromatic N) is 1. The van der Waals surface area contributed by atoms with Gasteiger partial charge in [-0.1, -0.05) is 6.07 Å². The number of carbonyl (C=O) groups excluding carboxylic acids is 3. The van der Waals surface area contributed by atoms with Gasteiger partial charge in [-0.05, 0) is 50.5 Å². The fourth-order valence-corrected chi connectivity index (χ4v) is 2.22. The van der Waals surface area contributed by atoms with E-state index in [1.54, 1.807) is 13.0 Å².